The molecule has 1 fully saturated rings. The number of carbonyl (C=O) groups is 1. The Morgan fingerprint density at radius 3 is 2.89 bits per heavy atom. The van der Waals surface area contributed by atoms with E-state index in [-0.39, 0.29) is 0 Å². The summed E-state index contributed by atoms with van der Waals surface area (Å²) in [5.41, 5.74) is 0.952. The average Bonchev–Trinajstić information content (AvgIpc) is 2.64. The molecular formula is C13H21N3O2. The molecule has 1 aromatic rings. The van der Waals surface area contributed by atoms with E-state index < -0.39 is 5.97 Å². The van der Waals surface area contributed by atoms with Crippen LogP contribution in [0.15, 0.2) is 0 Å². The Hall–Kier alpha value is -1.52. The van der Waals surface area contributed by atoms with Crippen LogP contribution in [-0.2, 0) is 7.05 Å². The highest BCUT2D eigenvalue weighted by atomic mass is 16.4. The van der Waals surface area contributed by atoms with Crippen LogP contribution in [0.4, 0.5) is 5.82 Å². The predicted molar refractivity (Wildman–Crippen MR) is 70.1 cm³/mol. The molecule has 1 N–H and O–H groups in total. The van der Waals surface area contributed by atoms with Crippen LogP contribution in [0, 0.1) is 12.8 Å². The van der Waals surface area contributed by atoms with E-state index in [4.69, 9.17) is 0 Å². The maximum Gasteiger partial charge on any atom is 0.341 e. The molecule has 1 aromatic heterocycles. The average molecular weight is 251 g/mol. The largest absolute Gasteiger partial charge is 0.477 e. The quantitative estimate of drug-likeness (QED) is 0.893. The zero-order valence-electron chi connectivity index (χ0n) is 11.3. The molecule has 2 heterocycles. The van der Waals surface area contributed by atoms with Gasteiger partial charge in [0.2, 0.25) is 0 Å². The van der Waals surface area contributed by atoms with Crippen LogP contribution in [0.5, 0.6) is 0 Å². The minimum atomic E-state index is -0.880. The van der Waals surface area contributed by atoms with Crippen LogP contribution in [0.25, 0.3) is 0 Å². The molecule has 100 valence electrons. The predicted octanol–water partition coefficient (Wildman–Crippen LogP) is 2.05. The topological polar surface area (TPSA) is 58.4 Å². The molecule has 5 heteroatoms. The van der Waals surface area contributed by atoms with Gasteiger partial charge in [-0.05, 0) is 25.7 Å². The van der Waals surface area contributed by atoms with Gasteiger partial charge in [-0.1, -0.05) is 13.3 Å². The van der Waals surface area contributed by atoms with Crippen molar-refractivity contribution in [2.75, 3.05) is 18.0 Å². The third kappa shape index (κ3) is 2.21. The van der Waals surface area contributed by atoms with Crippen molar-refractivity contribution in [1.29, 1.82) is 0 Å². The molecule has 1 aliphatic heterocycles. The summed E-state index contributed by atoms with van der Waals surface area (Å²) in [6.07, 6.45) is 3.52. The number of carboxylic acid groups (broad SMARTS) is 1. The molecular weight excluding hydrogens is 230 g/mol. The van der Waals surface area contributed by atoms with Crippen molar-refractivity contribution >= 4 is 11.8 Å². The Bertz CT molecular complexity index is 453. The first-order valence-electron chi connectivity index (χ1n) is 6.56. The number of carboxylic acids is 1. The van der Waals surface area contributed by atoms with E-state index in [0.717, 1.165) is 31.7 Å². The summed E-state index contributed by atoms with van der Waals surface area (Å²) in [5.74, 6) is 0.544. The number of aromatic carboxylic acids is 1. The fourth-order valence-corrected chi connectivity index (χ4v) is 2.85. The molecule has 0 bridgehead atoms. The van der Waals surface area contributed by atoms with Crippen molar-refractivity contribution in [3.63, 3.8) is 0 Å². The van der Waals surface area contributed by atoms with Crippen LogP contribution in [0.1, 0.15) is 42.2 Å². The molecule has 0 aliphatic carbocycles. The Labute approximate surface area is 107 Å². The first-order chi connectivity index (χ1) is 8.54. The standard InChI is InChI=1S/C13H21N3O2/c1-4-10-6-5-7-16(8-10)12-11(13(17)18)9(2)14-15(12)3/h10H,4-8H2,1-3H3,(H,17,18). The molecule has 18 heavy (non-hydrogen) atoms. The van der Waals surface area contributed by atoms with Crippen LogP contribution < -0.4 is 4.90 Å². The third-order valence-electron chi connectivity index (χ3n) is 3.80. The lowest BCUT2D eigenvalue weighted by Gasteiger charge is -2.34. The normalized spacial score (nSPS) is 20.2. The van der Waals surface area contributed by atoms with E-state index in [1.165, 1.54) is 6.42 Å². The van der Waals surface area contributed by atoms with Crippen LogP contribution in [-0.4, -0.2) is 33.9 Å². The Morgan fingerprint density at radius 2 is 2.28 bits per heavy atom. The van der Waals surface area contributed by atoms with Crippen LogP contribution >= 0.6 is 0 Å². The van der Waals surface area contributed by atoms with E-state index >= 15 is 0 Å². The number of hydrogen-bond acceptors (Lipinski definition) is 3. The smallest absolute Gasteiger partial charge is 0.341 e. The monoisotopic (exact) mass is 251 g/mol. The Kier molecular flexibility index (Phi) is 3.59. The molecule has 5 nitrogen and oxygen atoms in total. The molecule has 2 rings (SSSR count). The van der Waals surface area contributed by atoms with Crippen molar-refractivity contribution in [2.24, 2.45) is 13.0 Å². The zero-order valence-corrected chi connectivity index (χ0v) is 11.3. The van der Waals surface area contributed by atoms with Gasteiger partial charge in [0.15, 0.2) is 0 Å². The number of piperidine rings is 1. The molecule has 1 aliphatic rings. The molecule has 0 radical (unpaired) electrons. The van der Waals surface area contributed by atoms with Crippen molar-refractivity contribution in [2.45, 2.75) is 33.1 Å². The van der Waals surface area contributed by atoms with Gasteiger partial charge >= 0.3 is 5.97 Å². The molecule has 0 spiro atoms. The van der Waals surface area contributed by atoms with Gasteiger partial charge in [-0.2, -0.15) is 5.10 Å². The lowest BCUT2D eigenvalue weighted by Crippen LogP contribution is -2.37. The van der Waals surface area contributed by atoms with E-state index in [2.05, 4.69) is 16.9 Å². The summed E-state index contributed by atoms with van der Waals surface area (Å²) in [6, 6.07) is 0. The summed E-state index contributed by atoms with van der Waals surface area (Å²) < 4.78 is 1.71. The summed E-state index contributed by atoms with van der Waals surface area (Å²) in [5, 5.41) is 13.6. The van der Waals surface area contributed by atoms with Crippen LogP contribution in [0.3, 0.4) is 0 Å². The lowest BCUT2D eigenvalue weighted by atomic mass is 9.95. The maximum atomic E-state index is 11.4. The van der Waals surface area contributed by atoms with Crippen molar-refractivity contribution in [1.82, 2.24) is 9.78 Å². The first kappa shape index (κ1) is 12.9. The van der Waals surface area contributed by atoms with Crippen molar-refractivity contribution in [3.8, 4) is 0 Å². The zero-order chi connectivity index (χ0) is 13.3. The lowest BCUT2D eigenvalue weighted by molar-refractivity contribution is 0.0696. The summed E-state index contributed by atoms with van der Waals surface area (Å²) in [4.78, 5) is 13.6. The number of hydrogen-bond donors (Lipinski definition) is 1. The van der Waals surface area contributed by atoms with Crippen molar-refractivity contribution in [3.05, 3.63) is 11.3 Å². The van der Waals surface area contributed by atoms with Gasteiger partial charge in [0.05, 0.1) is 5.69 Å². The number of aromatic nitrogens is 2. The molecule has 1 unspecified atom stereocenters. The van der Waals surface area contributed by atoms with Gasteiger partial charge in [0.25, 0.3) is 0 Å². The van der Waals surface area contributed by atoms with Gasteiger partial charge in [-0.15, -0.1) is 0 Å². The molecule has 1 saturated heterocycles. The summed E-state index contributed by atoms with van der Waals surface area (Å²) in [6.45, 7) is 5.82. The Balaban J connectivity index is 2.35. The van der Waals surface area contributed by atoms with Gasteiger partial charge in [0, 0.05) is 20.1 Å². The molecule has 0 saturated carbocycles. The second-order valence-corrected chi connectivity index (χ2v) is 5.08. The maximum absolute atomic E-state index is 11.4. The summed E-state index contributed by atoms with van der Waals surface area (Å²) in [7, 11) is 1.82. The SMILES string of the molecule is CCC1CCCN(c2c(C(=O)O)c(C)nn2C)C1. The van der Waals surface area contributed by atoms with Crippen molar-refractivity contribution < 1.29 is 9.90 Å². The minimum absolute atomic E-state index is 0.356. The summed E-state index contributed by atoms with van der Waals surface area (Å²) >= 11 is 0. The highest BCUT2D eigenvalue weighted by Crippen LogP contribution is 2.28. The molecule has 0 aromatic carbocycles. The van der Waals surface area contributed by atoms with Gasteiger partial charge in [0.1, 0.15) is 11.4 Å². The van der Waals surface area contributed by atoms with Crippen LogP contribution in [0.2, 0.25) is 0 Å². The van der Waals surface area contributed by atoms with Gasteiger partial charge in [-0.25, -0.2) is 4.79 Å². The highest BCUT2D eigenvalue weighted by Gasteiger charge is 2.27. The Morgan fingerprint density at radius 1 is 1.56 bits per heavy atom. The number of aryl methyl sites for hydroxylation is 2. The molecule has 1 atom stereocenters. The highest BCUT2D eigenvalue weighted by molar-refractivity contribution is 5.94. The second kappa shape index (κ2) is 5.00. The van der Waals surface area contributed by atoms with Gasteiger partial charge in [-0.3, -0.25) is 4.68 Å². The van der Waals surface area contributed by atoms with E-state index in [1.54, 1.807) is 11.6 Å². The first-order valence-corrected chi connectivity index (χ1v) is 6.56. The number of nitrogens with zero attached hydrogens (tertiary/aromatic N) is 3. The minimum Gasteiger partial charge on any atom is -0.477 e. The van der Waals surface area contributed by atoms with Gasteiger partial charge < -0.3 is 10.0 Å². The third-order valence-corrected chi connectivity index (χ3v) is 3.80. The second-order valence-electron chi connectivity index (χ2n) is 5.08. The van der Waals surface area contributed by atoms with E-state index in [1.807, 2.05) is 7.05 Å². The van der Waals surface area contributed by atoms with E-state index in [9.17, 15) is 9.90 Å². The fourth-order valence-electron chi connectivity index (χ4n) is 2.85. The molecule has 0 amide bonds. The number of rotatable bonds is 3. The van der Waals surface area contributed by atoms with E-state index in [0.29, 0.717) is 17.2 Å². The fraction of sp³-hybridized carbons (Fsp3) is 0.692. The number of anilines is 1.